The second kappa shape index (κ2) is 6.96. The number of carbonyl (C=O) groups is 1. The first-order valence-electron chi connectivity index (χ1n) is 9.89. The van der Waals surface area contributed by atoms with Gasteiger partial charge in [0.2, 0.25) is 0 Å². The van der Waals surface area contributed by atoms with Gasteiger partial charge in [-0.25, -0.2) is 18.9 Å². The largest absolute Gasteiger partial charge is 0.348 e. The molecule has 1 aliphatic heterocycles. The van der Waals surface area contributed by atoms with Crippen LogP contribution in [0.5, 0.6) is 0 Å². The number of halogens is 1. The molecule has 0 bridgehead atoms. The molecule has 0 saturated carbocycles. The maximum atomic E-state index is 13.7. The van der Waals surface area contributed by atoms with Crippen LogP contribution in [0.3, 0.4) is 0 Å². The van der Waals surface area contributed by atoms with E-state index in [2.05, 4.69) is 21.1 Å². The number of H-pyrrole nitrogens is 1. The van der Waals surface area contributed by atoms with Crippen LogP contribution in [0, 0.1) is 17.1 Å². The summed E-state index contributed by atoms with van der Waals surface area (Å²) in [4.78, 5) is 27.8. The van der Waals surface area contributed by atoms with Gasteiger partial charge >= 0.3 is 0 Å². The molecule has 1 aliphatic rings. The minimum atomic E-state index is -0.507. The van der Waals surface area contributed by atoms with E-state index in [4.69, 9.17) is 4.98 Å². The molecule has 4 aromatic heterocycles. The van der Waals surface area contributed by atoms with E-state index in [1.807, 2.05) is 0 Å². The normalized spacial score (nSPS) is 15.8. The Morgan fingerprint density at radius 2 is 2.22 bits per heavy atom. The molecular formula is C22H14FN7OS. The van der Waals surface area contributed by atoms with Crippen LogP contribution in [-0.2, 0) is 6.42 Å². The van der Waals surface area contributed by atoms with Crippen LogP contribution >= 0.6 is 11.3 Å². The number of aromatic nitrogens is 5. The Bertz CT molecular complexity index is 1560. The number of nitrogens with one attached hydrogen (secondary N) is 1. The first-order valence-corrected chi connectivity index (χ1v) is 10.7. The van der Waals surface area contributed by atoms with Gasteiger partial charge in [-0.05, 0) is 30.3 Å². The number of nitrogens with zero attached hydrogens (tertiary/aromatic N) is 6. The Balaban J connectivity index is 1.49. The summed E-state index contributed by atoms with van der Waals surface area (Å²) in [5.41, 5.74) is 3.78. The molecule has 0 aliphatic carbocycles. The highest BCUT2D eigenvalue weighted by atomic mass is 32.1. The Labute approximate surface area is 184 Å². The average Bonchev–Trinajstić information content (AvgIpc) is 3.54. The van der Waals surface area contributed by atoms with Gasteiger partial charge in [0.15, 0.2) is 0 Å². The van der Waals surface area contributed by atoms with E-state index < -0.39 is 6.04 Å². The first-order chi connectivity index (χ1) is 15.6. The van der Waals surface area contributed by atoms with E-state index >= 15 is 0 Å². The molecule has 5 heterocycles. The van der Waals surface area contributed by atoms with E-state index in [9.17, 15) is 14.4 Å². The molecule has 5 aromatic rings. The highest BCUT2D eigenvalue weighted by molar-refractivity contribution is 7.18. The molecule has 32 heavy (non-hydrogen) atoms. The third-order valence-electron chi connectivity index (χ3n) is 5.67. The Morgan fingerprint density at radius 3 is 3.09 bits per heavy atom. The van der Waals surface area contributed by atoms with E-state index in [0.29, 0.717) is 44.8 Å². The zero-order valence-corrected chi connectivity index (χ0v) is 17.3. The van der Waals surface area contributed by atoms with Crippen LogP contribution in [0.25, 0.3) is 15.7 Å². The SMILES string of the molecule is N#Cc1ccn2ncc(C(=O)N3CCc4[nH]cnc4[C@H]3c3nc4ccc(F)cc4s3)c2c1. The van der Waals surface area contributed by atoms with Crippen molar-refractivity contribution in [3.63, 3.8) is 0 Å². The van der Waals surface area contributed by atoms with Gasteiger partial charge in [0.25, 0.3) is 5.91 Å². The molecule has 0 radical (unpaired) electrons. The van der Waals surface area contributed by atoms with Crippen LogP contribution in [0.1, 0.15) is 38.4 Å². The van der Waals surface area contributed by atoms with Gasteiger partial charge in [-0.3, -0.25) is 4.79 Å². The zero-order chi connectivity index (χ0) is 21.8. The fourth-order valence-electron chi connectivity index (χ4n) is 4.15. The molecule has 0 unspecified atom stereocenters. The number of hydrogen-bond acceptors (Lipinski definition) is 6. The third kappa shape index (κ3) is 2.79. The second-order valence-corrected chi connectivity index (χ2v) is 8.56. The fraction of sp³-hybridized carbons (Fsp3) is 0.136. The van der Waals surface area contributed by atoms with E-state index in [1.165, 1.54) is 29.7 Å². The van der Waals surface area contributed by atoms with Gasteiger partial charge in [-0.15, -0.1) is 11.3 Å². The molecule has 0 saturated heterocycles. The summed E-state index contributed by atoms with van der Waals surface area (Å²) in [6.07, 6.45) is 5.42. The number of pyridine rings is 1. The fourth-order valence-corrected chi connectivity index (χ4v) is 5.26. The Kier molecular flexibility index (Phi) is 4.06. The third-order valence-corrected chi connectivity index (χ3v) is 6.74. The van der Waals surface area contributed by atoms with E-state index in [0.717, 1.165) is 11.4 Å². The zero-order valence-electron chi connectivity index (χ0n) is 16.5. The van der Waals surface area contributed by atoms with Crippen molar-refractivity contribution in [2.24, 2.45) is 0 Å². The van der Waals surface area contributed by atoms with Gasteiger partial charge in [0.05, 0.1) is 51.1 Å². The summed E-state index contributed by atoms with van der Waals surface area (Å²) in [7, 11) is 0. The first kappa shape index (κ1) is 18.7. The van der Waals surface area contributed by atoms with Gasteiger partial charge in [-0.2, -0.15) is 10.4 Å². The molecule has 10 heteroatoms. The molecule has 1 N–H and O–H groups in total. The average molecular weight is 443 g/mol. The molecule has 1 amide bonds. The summed E-state index contributed by atoms with van der Waals surface area (Å²) in [5.74, 6) is -0.552. The number of benzene rings is 1. The molecule has 8 nitrogen and oxygen atoms in total. The van der Waals surface area contributed by atoms with Crippen LogP contribution in [0.15, 0.2) is 49.1 Å². The highest BCUT2D eigenvalue weighted by Crippen LogP contribution is 2.38. The van der Waals surface area contributed by atoms with Crippen LogP contribution in [-0.4, -0.2) is 41.9 Å². The number of carbonyl (C=O) groups excluding carboxylic acids is 1. The highest BCUT2D eigenvalue weighted by Gasteiger charge is 2.37. The molecule has 0 spiro atoms. The molecule has 1 aromatic carbocycles. The second-order valence-electron chi connectivity index (χ2n) is 7.50. The minimum absolute atomic E-state index is 0.223. The number of aromatic amines is 1. The summed E-state index contributed by atoms with van der Waals surface area (Å²) >= 11 is 1.35. The molecule has 6 rings (SSSR count). The lowest BCUT2D eigenvalue weighted by molar-refractivity contribution is 0.0692. The van der Waals surface area contributed by atoms with Crippen molar-refractivity contribution < 1.29 is 9.18 Å². The number of fused-ring (bicyclic) bond motifs is 3. The number of imidazole rings is 1. The quantitative estimate of drug-likeness (QED) is 0.450. The monoisotopic (exact) mass is 443 g/mol. The lowest BCUT2D eigenvalue weighted by atomic mass is 10.0. The van der Waals surface area contributed by atoms with Gasteiger partial charge < -0.3 is 9.88 Å². The predicted octanol–water partition coefficient (Wildman–Crippen LogP) is 3.47. The Morgan fingerprint density at radius 1 is 1.31 bits per heavy atom. The number of rotatable bonds is 2. The smallest absolute Gasteiger partial charge is 0.258 e. The standard InChI is InChI=1S/C22H14FN7OS/c23-13-1-2-15-18(8-13)32-21(28-15)20-19-16(25-11-26-19)4-5-29(20)22(31)14-10-27-30-6-3-12(9-24)7-17(14)30/h1-3,6-8,10-11,20H,4-5H2,(H,25,26)/t20-/m0/s1. The number of hydrogen-bond donors (Lipinski definition) is 1. The van der Waals surface area contributed by atoms with Crippen LogP contribution in [0.2, 0.25) is 0 Å². The van der Waals surface area contributed by atoms with E-state index in [-0.39, 0.29) is 11.7 Å². The van der Waals surface area contributed by atoms with Crippen molar-refractivity contribution >= 4 is 33.0 Å². The number of nitriles is 1. The minimum Gasteiger partial charge on any atom is -0.348 e. The van der Waals surface area contributed by atoms with Crippen LogP contribution in [0.4, 0.5) is 4.39 Å². The predicted molar refractivity (Wildman–Crippen MR) is 115 cm³/mol. The van der Waals surface area contributed by atoms with E-state index in [1.54, 1.807) is 40.1 Å². The topological polar surface area (TPSA) is 103 Å². The van der Waals surface area contributed by atoms with Gasteiger partial charge in [0.1, 0.15) is 16.9 Å². The number of amides is 1. The lowest BCUT2D eigenvalue weighted by Gasteiger charge is -2.33. The molecule has 156 valence electrons. The van der Waals surface area contributed by atoms with Gasteiger partial charge in [-0.1, -0.05) is 0 Å². The number of thiazole rings is 1. The van der Waals surface area contributed by atoms with Crippen molar-refractivity contribution in [2.45, 2.75) is 12.5 Å². The lowest BCUT2D eigenvalue weighted by Crippen LogP contribution is -2.40. The van der Waals surface area contributed by atoms with Crippen molar-refractivity contribution in [3.8, 4) is 6.07 Å². The molecule has 0 fully saturated rings. The molecule has 1 atom stereocenters. The summed E-state index contributed by atoms with van der Waals surface area (Å²) in [5, 5.41) is 14.2. The maximum absolute atomic E-state index is 13.7. The van der Waals surface area contributed by atoms with Crippen molar-refractivity contribution in [3.05, 3.63) is 82.4 Å². The summed E-state index contributed by atoms with van der Waals surface area (Å²) in [6, 6.07) is 9.36. The van der Waals surface area contributed by atoms with Crippen molar-refractivity contribution in [2.75, 3.05) is 6.54 Å². The maximum Gasteiger partial charge on any atom is 0.258 e. The summed E-state index contributed by atoms with van der Waals surface area (Å²) < 4.78 is 16.0. The van der Waals surface area contributed by atoms with Crippen molar-refractivity contribution in [1.82, 2.24) is 29.5 Å². The molecular weight excluding hydrogens is 429 g/mol. The van der Waals surface area contributed by atoms with Crippen LogP contribution < -0.4 is 0 Å². The summed E-state index contributed by atoms with van der Waals surface area (Å²) in [6.45, 7) is 0.457. The van der Waals surface area contributed by atoms with Gasteiger partial charge in [0, 0.05) is 24.9 Å². The Hall–Kier alpha value is -4.10. The van der Waals surface area contributed by atoms with Crippen molar-refractivity contribution in [1.29, 1.82) is 5.26 Å².